The predicted octanol–water partition coefficient (Wildman–Crippen LogP) is 21.6. The lowest BCUT2D eigenvalue weighted by atomic mass is 10.0. The number of phosphoric acid groups is 2. The van der Waals surface area contributed by atoms with Gasteiger partial charge in [0.05, 0.1) is 26.4 Å². The molecule has 0 radical (unpaired) electrons. The van der Waals surface area contributed by atoms with E-state index in [2.05, 4.69) is 64.2 Å². The number of unbranched alkanes of at least 4 members (excludes halogenated alkanes) is 41. The molecule has 0 aliphatic carbocycles. The van der Waals surface area contributed by atoms with Crippen molar-refractivity contribution >= 4 is 39.5 Å². The molecule has 0 amide bonds. The van der Waals surface area contributed by atoms with Gasteiger partial charge in [0.15, 0.2) is 12.2 Å². The van der Waals surface area contributed by atoms with Crippen LogP contribution in [0.2, 0.25) is 0 Å². The second kappa shape index (κ2) is 68.8. The maximum atomic E-state index is 13.1. The zero-order chi connectivity index (χ0) is 69.0. The summed E-state index contributed by atoms with van der Waals surface area (Å²) in [5, 5.41) is 10.6. The highest BCUT2D eigenvalue weighted by atomic mass is 31.2. The molecule has 0 aromatic rings. The van der Waals surface area contributed by atoms with Gasteiger partial charge in [0.25, 0.3) is 0 Å². The monoisotopic (exact) mass is 1370 g/mol. The van der Waals surface area contributed by atoms with Gasteiger partial charge in [-0.15, -0.1) is 0 Å². The van der Waals surface area contributed by atoms with Crippen molar-refractivity contribution < 1.29 is 80.2 Å². The number of esters is 4. The van der Waals surface area contributed by atoms with Gasteiger partial charge in [0.2, 0.25) is 0 Å². The first kappa shape index (κ1) is 91.3. The Labute approximate surface area is 573 Å². The molecule has 0 saturated carbocycles. The summed E-state index contributed by atoms with van der Waals surface area (Å²) >= 11 is 0. The van der Waals surface area contributed by atoms with Crippen molar-refractivity contribution in [3.63, 3.8) is 0 Å². The number of hydrogen-bond acceptors (Lipinski definition) is 15. The zero-order valence-corrected chi connectivity index (χ0v) is 61.9. The van der Waals surface area contributed by atoms with Gasteiger partial charge in [-0.25, -0.2) is 9.13 Å². The molecular weight excluding hydrogens is 1230 g/mol. The number of carbonyl (C=O) groups is 4. The first-order chi connectivity index (χ1) is 45.7. The van der Waals surface area contributed by atoms with E-state index in [1.807, 2.05) is 0 Å². The smallest absolute Gasteiger partial charge is 0.462 e. The molecule has 0 fully saturated rings. The van der Waals surface area contributed by atoms with Crippen molar-refractivity contribution in [1.82, 2.24) is 0 Å². The summed E-state index contributed by atoms with van der Waals surface area (Å²) in [5.74, 6) is -2.17. The highest BCUT2D eigenvalue weighted by molar-refractivity contribution is 7.47. The Morgan fingerprint density at radius 1 is 0.287 bits per heavy atom. The number of aliphatic hydroxyl groups excluding tert-OH is 1. The summed E-state index contributed by atoms with van der Waals surface area (Å²) in [4.78, 5) is 72.7. The fourth-order valence-electron chi connectivity index (χ4n) is 10.7. The lowest BCUT2D eigenvalue weighted by Gasteiger charge is -2.21. The van der Waals surface area contributed by atoms with Crippen LogP contribution in [0.5, 0.6) is 0 Å². The van der Waals surface area contributed by atoms with Gasteiger partial charge in [-0.05, 0) is 96.3 Å². The van der Waals surface area contributed by atoms with E-state index in [1.165, 1.54) is 141 Å². The number of aliphatic hydroxyl groups is 1. The second-order valence-electron chi connectivity index (χ2n) is 25.9. The molecule has 5 atom stereocenters. The number of carbonyl (C=O) groups excluding carboxylic acids is 4. The van der Waals surface area contributed by atoms with E-state index in [0.29, 0.717) is 25.7 Å². The topological polar surface area (TPSA) is 237 Å². The lowest BCUT2D eigenvalue weighted by Crippen LogP contribution is -2.30. The molecule has 0 bridgehead atoms. The summed E-state index contributed by atoms with van der Waals surface area (Å²) in [7, 11) is -9.93. The van der Waals surface area contributed by atoms with Crippen LogP contribution in [0.3, 0.4) is 0 Å². The molecule has 19 heteroatoms. The average Bonchev–Trinajstić information content (AvgIpc) is 1.36. The normalized spacial score (nSPS) is 14.2. The minimum atomic E-state index is -4.96. The largest absolute Gasteiger partial charge is 0.472 e. The van der Waals surface area contributed by atoms with E-state index >= 15 is 0 Å². The van der Waals surface area contributed by atoms with Gasteiger partial charge in [-0.3, -0.25) is 37.3 Å². The van der Waals surface area contributed by atoms with Gasteiger partial charge in [-0.1, -0.05) is 276 Å². The Bertz CT molecular complexity index is 1930. The quantitative estimate of drug-likeness (QED) is 0.0169. The van der Waals surface area contributed by atoms with Crippen LogP contribution in [0.1, 0.15) is 362 Å². The van der Waals surface area contributed by atoms with Gasteiger partial charge < -0.3 is 33.8 Å². The summed E-state index contributed by atoms with van der Waals surface area (Å²) in [6.07, 6.45) is 62.8. The summed E-state index contributed by atoms with van der Waals surface area (Å²) < 4.78 is 68.4. The Morgan fingerprint density at radius 2 is 0.500 bits per heavy atom. The minimum Gasteiger partial charge on any atom is -0.462 e. The van der Waals surface area contributed by atoms with Crippen LogP contribution in [0.25, 0.3) is 0 Å². The van der Waals surface area contributed by atoms with Gasteiger partial charge in [-0.2, -0.15) is 0 Å². The van der Waals surface area contributed by atoms with Gasteiger partial charge in [0.1, 0.15) is 19.3 Å². The van der Waals surface area contributed by atoms with Gasteiger partial charge >= 0.3 is 39.5 Å². The Balaban J connectivity index is 5.29. The molecule has 94 heavy (non-hydrogen) atoms. The predicted molar refractivity (Wildman–Crippen MR) is 381 cm³/mol. The van der Waals surface area contributed by atoms with E-state index in [1.54, 1.807) is 0 Å². The van der Waals surface area contributed by atoms with Crippen LogP contribution in [-0.4, -0.2) is 96.7 Å². The van der Waals surface area contributed by atoms with Crippen LogP contribution in [0, 0.1) is 0 Å². The molecule has 0 spiro atoms. The molecule has 0 aliphatic rings. The third-order valence-electron chi connectivity index (χ3n) is 16.6. The SMILES string of the molecule is CCCC/C=C\CCCCCCCC(=O)OC(COC(=O)CCCCCCC/C=C\CCCCCC)COP(=O)(O)OCC(O)COP(=O)(O)OCC(COC(=O)CCCCCCC/C=C\CCCCCCCC)OC(=O)CCCCCCCCCCCCCCCCC. The van der Waals surface area contributed by atoms with E-state index in [4.69, 9.17) is 37.0 Å². The molecule has 552 valence electrons. The van der Waals surface area contributed by atoms with Crippen molar-refractivity contribution in [2.45, 2.75) is 380 Å². The standard InChI is InChI=1S/C75H140O17P2/c1-5-9-13-17-21-25-29-32-34-37-41-44-48-52-56-60-73(78)86-66-71(92-75(80)62-58-54-50-46-42-38-35-33-30-26-22-18-14-10-6-2)68-90-94(83,84)88-64-69(76)63-87-93(81,82)89-67-70(91-74(79)61-57-53-49-45-39-28-24-20-16-12-8-4)65-85-72(77)59-55-51-47-43-40-36-31-27-23-19-15-11-7-3/h20,24,27,31-32,34,69-71,76H,5-19,21-23,25-26,28-30,33,35-68H2,1-4H3,(H,81,82)(H,83,84)/b24-20-,31-27-,34-32-. The third kappa shape index (κ3) is 67.8. The van der Waals surface area contributed by atoms with E-state index in [0.717, 1.165) is 141 Å². The molecular formula is C75H140O17P2. The molecule has 0 aromatic heterocycles. The summed E-state index contributed by atoms with van der Waals surface area (Å²) in [6, 6.07) is 0. The van der Waals surface area contributed by atoms with Crippen LogP contribution in [0.4, 0.5) is 0 Å². The lowest BCUT2D eigenvalue weighted by molar-refractivity contribution is -0.161. The number of phosphoric ester groups is 2. The minimum absolute atomic E-state index is 0.0884. The maximum Gasteiger partial charge on any atom is 0.472 e. The fraction of sp³-hybridized carbons (Fsp3) is 0.867. The number of hydrogen-bond donors (Lipinski definition) is 3. The van der Waals surface area contributed by atoms with Crippen molar-refractivity contribution in [1.29, 1.82) is 0 Å². The first-order valence-corrected chi connectivity index (χ1v) is 41.2. The summed E-state index contributed by atoms with van der Waals surface area (Å²) in [5.41, 5.74) is 0. The third-order valence-corrected chi connectivity index (χ3v) is 18.5. The highest BCUT2D eigenvalue weighted by Crippen LogP contribution is 2.45. The maximum absolute atomic E-state index is 13.1. The van der Waals surface area contributed by atoms with E-state index in [9.17, 15) is 43.2 Å². The first-order valence-electron chi connectivity index (χ1n) is 38.2. The van der Waals surface area contributed by atoms with Crippen LogP contribution < -0.4 is 0 Å². The average molecular weight is 1380 g/mol. The van der Waals surface area contributed by atoms with Crippen molar-refractivity contribution in [2.75, 3.05) is 39.6 Å². The fourth-order valence-corrected chi connectivity index (χ4v) is 12.2. The second-order valence-corrected chi connectivity index (χ2v) is 28.9. The highest BCUT2D eigenvalue weighted by Gasteiger charge is 2.30. The molecule has 0 saturated heterocycles. The van der Waals surface area contributed by atoms with Crippen molar-refractivity contribution in [2.24, 2.45) is 0 Å². The van der Waals surface area contributed by atoms with Gasteiger partial charge in [0, 0.05) is 25.7 Å². The molecule has 3 N–H and O–H groups in total. The molecule has 0 aliphatic heterocycles. The van der Waals surface area contributed by atoms with E-state index < -0.39 is 97.5 Å². The zero-order valence-electron chi connectivity index (χ0n) is 60.2. The van der Waals surface area contributed by atoms with Crippen LogP contribution >= 0.6 is 15.6 Å². The Kier molecular flexibility index (Phi) is 66.8. The summed E-state index contributed by atoms with van der Waals surface area (Å²) in [6.45, 7) is 4.85. The molecule has 5 unspecified atom stereocenters. The molecule has 0 rings (SSSR count). The molecule has 0 heterocycles. The van der Waals surface area contributed by atoms with Crippen LogP contribution in [-0.2, 0) is 65.4 Å². The van der Waals surface area contributed by atoms with E-state index in [-0.39, 0.29) is 25.7 Å². The molecule has 0 aromatic carbocycles. The van der Waals surface area contributed by atoms with Crippen LogP contribution in [0.15, 0.2) is 36.5 Å². The van der Waals surface area contributed by atoms with Crippen molar-refractivity contribution in [3.8, 4) is 0 Å². The number of rotatable bonds is 73. The van der Waals surface area contributed by atoms with Crippen molar-refractivity contribution in [3.05, 3.63) is 36.5 Å². The number of ether oxygens (including phenoxy) is 4. The Morgan fingerprint density at radius 3 is 0.777 bits per heavy atom. The number of allylic oxidation sites excluding steroid dienone is 6. The molecule has 17 nitrogen and oxygen atoms in total. The Hall–Kier alpha value is -2.72.